The van der Waals surface area contributed by atoms with Crippen LogP contribution in [0.3, 0.4) is 0 Å². The second-order valence-corrected chi connectivity index (χ2v) is 16.2. The van der Waals surface area contributed by atoms with E-state index in [-0.39, 0.29) is 41.6 Å². The maximum Gasteiger partial charge on any atom is 0.490 e. The maximum absolute atomic E-state index is 14.1. The number of nitrogens with one attached hydrogen (secondary N) is 4. The van der Waals surface area contributed by atoms with E-state index in [1.165, 1.54) is 0 Å². The minimum absolute atomic E-state index is 0.0524. The number of nitrogens with two attached hydrogens (primary N) is 1. The van der Waals surface area contributed by atoms with Gasteiger partial charge in [0.15, 0.2) is 11.6 Å². The van der Waals surface area contributed by atoms with Crippen molar-refractivity contribution in [3.63, 3.8) is 0 Å². The molecule has 3 aromatic carbocycles. The molecule has 3 aromatic rings. The summed E-state index contributed by atoms with van der Waals surface area (Å²) in [5.74, 6) is -4.44. The fourth-order valence-electron chi connectivity index (χ4n) is 7.35. The average Bonchev–Trinajstić information content (AvgIpc) is 3.72. The van der Waals surface area contributed by atoms with Crippen LogP contribution in [-0.2, 0) is 30.4 Å². The molecule has 4 amide bonds. The molecular weight excluding hydrogens is 810 g/mol. The Bertz CT molecular complexity index is 2090. The zero-order chi connectivity index (χ0) is 45.7. The number of halogens is 3. The van der Waals surface area contributed by atoms with E-state index in [1.54, 1.807) is 47.4 Å². The van der Waals surface area contributed by atoms with Gasteiger partial charge in [0.1, 0.15) is 18.1 Å². The summed E-state index contributed by atoms with van der Waals surface area (Å²) in [5.41, 5.74) is 9.06. The van der Waals surface area contributed by atoms with E-state index in [1.807, 2.05) is 58.0 Å². The molecule has 1 aliphatic heterocycles. The van der Waals surface area contributed by atoms with Gasteiger partial charge in [0.25, 0.3) is 0 Å². The van der Waals surface area contributed by atoms with Crippen LogP contribution < -0.4 is 27.0 Å². The number of carboxylic acids is 1. The Morgan fingerprint density at radius 3 is 1.97 bits per heavy atom. The number of ketones is 2. The number of hydrogen-bond donors (Lipinski definition) is 6. The highest BCUT2D eigenvalue weighted by Gasteiger charge is 2.40. The molecule has 0 saturated carbocycles. The molecule has 1 aliphatic carbocycles. The van der Waals surface area contributed by atoms with Gasteiger partial charge in [-0.15, -0.1) is 0 Å². The third-order valence-corrected chi connectivity index (χ3v) is 10.3. The topological polar surface area (TPSA) is 217 Å². The van der Waals surface area contributed by atoms with Crippen LogP contribution in [0.25, 0.3) is 0 Å². The number of carbonyl (C=O) groups is 7. The van der Waals surface area contributed by atoms with Crippen LogP contribution in [0.4, 0.5) is 18.9 Å². The Balaban J connectivity index is 0.00000111. The van der Waals surface area contributed by atoms with Crippen molar-refractivity contribution in [1.29, 1.82) is 0 Å². The third-order valence-electron chi connectivity index (χ3n) is 10.3. The number of carbonyl (C=O) groups excluding carboxylic acids is 6. The van der Waals surface area contributed by atoms with E-state index >= 15 is 0 Å². The Morgan fingerprint density at radius 2 is 1.35 bits per heavy atom. The van der Waals surface area contributed by atoms with E-state index in [9.17, 15) is 41.9 Å². The Labute approximate surface area is 358 Å². The second-order valence-electron chi connectivity index (χ2n) is 16.2. The predicted octanol–water partition coefficient (Wildman–Crippen LogP) is 4.64. The number of likely N-dealkylation sites (tertiary alicyclic amines) is 1. The summed E-state index contributed by atoms with van der Waals surface area (Å²) < 4.78 is 31.7. The fourth-order valence-corrected chi connectivity index (χ4v) is 7.35. The summed E-state index contributed by atoms with van der Waals surface area (Å²) >= 11 is 0. The molecule has 62 heavy (non-hydrogen) atoms. The van der Waals surface area contributed by atoms with Crippen molar-refractivity contribution in [3.8, 4) is 0 Å². The lowest BCUT2D eigenvalue weighted by atomic mass is 9.83. The van der Waals surface area contributed by atoms with E-state index in [0.29, 0.717) is 79.7 Å². The molecule has 0 unspecified atom stereocenters. The molecule has 1 saturated heterocycles. The first-order valence-corrected chi connectivity index (χ1v) is 20.6. The Hall–Kier alpha value is -6.10. The van der Waals surface area contributed by atoms with E-state index in [4.69, 9.17) is 15.6 Å². The highest BCUT2D eigenvalue weighted by Crippen LogP contribution is 2.32. The molecule has 14 nitrogen and oxygen atoms in total. The smallest absolute Gasteiger partial charge is 0.475 e. The number of carboxylic acid groups (broad SMARTS) is 1. The van der Waals surface area contributed by atoms with Crippen LogP contribution in [0.2, 0.25) is 0 Å². The molecule has 0 spiro atoms. The lowest BCUT2D eigenvalue weighted by molar-refractivity contribution is -0.192. The van der Waals surface area contributed by atoms with Gasteiger partial charge in [0.05, 0.1) is 11.6 Å². The summed E-state index contributed by atoms with van der Waals surface area (Å²) in [4.78, 5) is 91.4. The minimum Gasteiger partial charge on any atom is -0.475 e. The summed E-state index contributed by atoms with van der Waals surface area (Å²) in [5, 5.41) is 19.1. The van der Waals surface area contributed by atoms with Gasteiger partial charge in [-0.05, 0) is 55.6 Å². The third kappa shape index (κ3) is 13.2. The fraction of sp³-hybridized carbons (Fsp3) is 0.444. The number of aliphatic carboxylic acids is 1. The number of rotatable bonds is 17. The van der Waals surface area contributed by atoms with Crippen LogP contribution in [0.15, 0.2) is 72.8 Å². The van der Waals surface area contributed by atoms with E-state index in [0.717, 1.165) is 5.56 Å². The number of alkyl halides is 3. The van der Waals surface area contributed by atoms with Gasteiger partial charge in [-0.1, -0.05) is 94.4 Å². The SMILES string of the molecule is CC(C)C[C@H](NC(=O)[C@H](Cc1ccccc1)NC(=O)[C@@H](N)CC(C)C)C(=O)N1CCC[C@H]1C(=O)NCCCNc1cccc2c1C(=O)c1ccccc1C2=O.O=C(O)C(F)(F)F. The standard InChI is InChI=1S/C43H54N6O6.C2HF3O2/c1-26(2)23-32(44)40(52)47-34(25-28-13-6-5-7-14-28)41(53)48-35(24-27(3)4)43(55)49-22-11-19-36(49)42(54)46-21-12-20-45-33-18-10-17-31-37(33)39(51)30-16-9-8-15-29(30)38(31)50;3-2(4,5)1(6)7/h5-10,13-18,26-27,32,34-36,45H,11-12,19-25,44H2,1-4H3,(H,46,54)(H,47,52)(H,48,53);(H,6,7)/t32-,34-,35-,36-;/m0./s1. The Kier molecular flexibility index (Phi) is 17.3. The van der Waals surface area contributed by atoms with Crippen molar-refractivity contribution in [1.82, 2.24) is 20.9 Å². The number of amides is 4. The van der Waals surface area contributed by atoms with Crippen molar-refractivity contribution in [2.45, 2.75) is 96.6 Å². The molecule has 17 heteroatoms. The van der Waals surface area contributed by atoms with Crippen molar-refractivity contribution in [2.24, 2.45) is 17.6 Å². The summed E-state index contributed by atoms with van der Waals surface area (Å²) in [7, 11) is 0. The molecule has 334 valence electrons. The van der Waals surface area contributed by atoms with Crippen molar-refractivity contribution in [3.05, 3.63) is 101 Å². The largest absolute Gasteiger partial charge is 0.490 e. The zero-order valence-corrected chi connectivity index (χ0v) is 35.2. The molecule has 7 N–H and O–H groups in total. The summed E-state index contributed by atoms with van der Waals surface area (Å²) in [6.45, 7) is 8.99. The normalized spacial score (nSPS) is 16.0. The van der Waals surface area contributed by atoms with Gasteiger partial charge >= 0.3 is 12.1 Å². The number of fused-ring (bicyclic) bond motifs is 2. The monoisotopic (exact) mass is 864 g/mol. The van der Waals surface area contributed by atoms with Gasteiger partial charge in [-0.3, -0.25) is 28.8 Å². The van der Waals surface area contributed by atoms with Crippen LogP contribution in [0.1, 0.15) is 97.2 Å². The zero-order valence-electron chi connectivity index (χ0n) is 35.2. The van der Waals surface area contributed by atoms with Crippen LogP contribution in [-0.4, -0.2) is 101 Å². The van der Waals surface area contributed by atoms with Gasteiger partial charge in [-0.25, -0.2) is 4.79 Å². The first-order valence-electron chi connectivity index (χ1n) is 20.6. The Morgan fingerprint density at radius 1 is 0.774 bits per heavy atom. The second kappa shape index (κ2) is 22.1. The quantitative estimate of drug-likeness (QED) is 0.0809. The van der Waals surface area contributed by atoms with E-state index in [2.05, 4.69) is 21.3 Å². The van der Waals surface area contributed by atoms with Crippen molar-refractivity contribution < 1.29 is 51.8 Å². The molecule has 0 bridgehead atoms. The van der Waals surface area contributed by atoms with Crippen LogP contribution >= 0.6 is 0 Å². The number of nitrogens with zero attached hydrogens (tertiary/aromatic N) is 1. The lowest BCUT2D eigenvalue weighted by Gasteiger charge is -2.31. The number of benzene rings is 3. The molecular formula is C45H55F3N6O8. The van der Waals surface area contributed by atoms with Crippen LogP contribution in [0.5, 0.6) is 0 Å². The van der Waals surface area contributed by atoms with Gasteiger partial charge in [-0.2, -0.15) is 13.2 Å². The first-order chi connectivity index (χ1) is 29.3. The maximum atomic E-state index is 14.1. The van der Waals surface area contributed by atoms with Gasteiger partial charge in [0, 0.05) is 48.4 Å². The van der Waals surface area contributed by atoms with Crippen LogP contribution in [0, 0.1) is 11.8 Å². The summed E-state index contributed by atoms with van der Waals surface area (Å²) in [6.07, 6.45) is -2.40. The van der Waals surface area contributed by atoms with Gasteiger partial charge in [0.2, 0.25) is 23.6 Å². The number of anilines is 1. The molecule has 2 aliphatic rings. The first kappa shape index (κ1) is 48.6. The predicted molar refractivity (Wildman–Crippen MR) is 225 cm³/mol. The van der Waals surface area contributed by atoms with Crippen molar-refractivity contribution >= 4 is 46.9 Å². The molecule has 0 radical (unpaired) electrons. The minimum atomic E-state index is -5.08. The van der Waals surface area contributed by atoms with Gasteiger partial charge < -0.3 is 37.0 Å². The summed E-state index contributed by atoms with van der Waals surface area (Å²) in [6, 6.07) is 18.0. The van der Waals surface area contributed by atoms with E-state index < -0.39 is 48.1 Å². The molecule has 5 rings (SSSR count). The number of hydrogen-bond acceptors (Lipinski definition) is 9. The molecule has 0 aromatic heterocycles. The lowest BCUT2D eigenvalue weighted by Crippen LogP contribution is -2.58. The molecule has 4 atom stereocenters. The van der Waals surface area contributed by atoms with Crippen molar-refractivity contribution in [2.75, 3.05) is 25.0 Å². The average molecular weight is 865 g/mol. The highest BCUT2D eigenvalue weighted by atomic mass is 19.4. The molecule has 1 heterocycles. The molecule has 1 fully saturated rings. The highest BCUT2D eigenvalue weighted by molar-refractivity contribution is 6.30.